The summed E-state index contributed by atoms with van der Waals surface area (Å²) in [5.74, 6) is 0. The van der Waals surface area contributed by atoms with Gasteiger partial charge < -0.3 is 9.47 Å². The lowest BCUT2D eigenvalue weighted by Gasteiger charge is -2.20. The van der Waals surface area contributed by atoms with E-state index in [9.17, 15) is 0 Å². The van der Waals surface area contributed by atoms with Crippen molar-refractivity contribution in [1.82, 2.24) is 14.5 Å². The van der Waals surface area contributed by atoms with E-state index in [4.69, 9.17) is 0 Å². The summed E-state index contributed by atoms with van der Waals surface area (Å²) in [6.07, 6.45) is 9.50. The Morgan fingerprint density at radius 3 is 2.40 bits per heavy atom. The molecule has 0 aliphatic heterocycles. The molecular weight excluding hydrogens is 186 g/mol. The summed E-state index contributed by atoms with van der Waals surface area (Å²) in [5, 5.41) is 0. The van der Waals surface area contributed by atoms with Crippen LogP contribution in [0.5, 0.6) is 0 Å². The Kier molecular flexibility index (Phi) is 6.09. The minimum atomic E-state index is 1.09. The fraction of sp³-hybridized carbons (Fsp3) is 0.750. The van der Waals surface area contributed by atoms with Crippen LogP contribution in [0.4, 0.5) is 0 Å². The van der Waals surface area contributed by atoms with Gasteiger partial charge in [0.25, 0.3) is 0 Å². The topological polar surface area (TPSA) is 21.1 Å². The van der Waals surface area contributed by atoms with Crippen molar-refractivity contribution in [2.24, 2.45) is 0 Å². The molecule has 86 valence electrons. The molecule has 0 radical (unpaired) electrons. The first kappa shape index (κ1) is 12.2. The van der Waals surface area contributed by atoms with Crippen LogP contribution < -0.4 is 0 Å². The van der Waals surface area contributed by atoms with E-state index in [1.165, 1.54) is 38.9 Å². The maximum atomic E-state index is 4.04. The van der Waals surface area contributed by atoms with Crippen LogP contribution in [0.1, 0.15) is 33.1 Å². The van der Waals surface area contributed by atoms with Crippen molar-refractivity contribution in [3.05, 3.63) is 18.7 Å². The second-order valence-corrected chi connectivity index (χ2v) is 4.00. The third-order valence-corrected chi connectivity index (χ3v) is 2.53. The molecule has 1 rings (SSSR count). The van der Waals surface area contributed by atoms with Gasteiger partial charge in [0.05, 0.1) is 6.33 Å². The number of aryl methyl sites for hydroxylation is 1. The summed E-state index contributed by atoms with van der Waals surface area (Å²) >= 11 is 0. The molecule has 0 atom stereocenters. The molecule has 1 heterocycles. The van der Waals surface area contributed by atoms with Crippen molar-refractivity contribution in [3.8, 4) is 0 Å². The SMILES string of the molecule is CCCN(CCC)CCCn1ccnc1. The quantitative estimate of drug-likeness (QED) is 0.655. The molecule has 3 heteroatoms. The Bertz CT molecular complexity index is 225. The number of hydrogen-bond donors (Lipinski definition) is 0. The Morgan fingerprint density at radius 1 is 1.13 bits per heavy atom. The molecule has 0 spiro atoms. The second-order valence-electron chi connectivity index (χ2n) is 4.00. The first-order valence-electron chi connectivity index (χ1n) is 6.05. The van der Waals surface area contributed by atoms with E-state index in [0.717, 1.165) is 6.54 Å². The van der Waals surface area contributed by atoms with E-state index < -0.39 is 0 Å². The highest BCUT2D eigenvalue weighted by atomic mass is 15.1. The summed E-state index contributed by atoms with van der Waals surface area (Å²) in [5.41, 5.74) is 0. The van der Waals surface area contributed by atoms with E-state index >= 15 is 0 Å². The van der Waals surface area contributed by atoms with Crippen LogP contribution in [-0.2, 0) is 6.54 Å². The Labute approximate surface area is 93.1 Å². The van der Waals surface area contributed by atoms with E-state index in [0.29, 0.717) is 0 Å². The Hall–Kier alpha value is -0.830. The predicted octanol–water partition coefficient (Wildman–Crippen LogP) is 2.40. The monoisotopic (exact) mass is 209 g/mol. The van der Waals surface area contributed by atoms with Gasteiger partial charge in [-0.15, -0.1) is 0 Å². The average molecular weight is 209 g/mol. The predicted molar refractivity (Wildman–Crippen MR) is 63.9 cm³/mol. The van der Waals surface area contributed by atoms with Gasteiger partial charge in [0.15, 0.2) is 0 Å². The molecule has 0 fully saturated rings. The molecule has 1 aromatic heterocycles. The molecule has 0 unspecified atom stereocenters. The molecule has 0 N–H and O–H groups in total. The molecule has 0 aliphatic rings. The lowest BCUT2D eigenvalue weighted by Crippen LogP contribution is -2.27. The Balaban J connectivity index is 2.15. The highest BCUT2D eigenvalue weighted by Crippen LogP contribution is 1.98. The molecular formula is C12H23N3. The van der Waals surface area contributed by atoms with E-state index in [1.54, 1.807) is 0 Å². The van der Waals surface area contributed by atoms with Gasteiger partial charge in [-0.3, -0.25) is 0 Å². The zero-order chi connectivity index (χ0) is 10.9. The first-order valence-corrected chi connectivity index (χ1v) is 6.05. The first-order chi connectivity index (χ1) is 7.36. The summed E-state index contributed by atoms with van der Waals surface area (Å²) in [7, 11) is 0. The van der Waals surface area contributed by atoms with Crippen molar-refractivity contribution in [2.45, 2.75) is 39.7 Å². The number of hydrogen-bond acceptors (Lipinski definition) is 2. The van der Waals surface area contributed by atoms with Gasteiger partial charge >= 0.3 is 0 Å². The van der Waals surface area contributed by atoms with E-state index in [-0.39, 0.29) is 0 Å². The van der Waals surface area contributed by atoms with Crippen molar-refractivity contribution in [2.75, 3.05) is 19.6 Å². The van der Waals surface area contributed by atoms with Crippen LogP contribution in [-0.4, -0.2) is 34.1 Å². The van der Waals surface area contributed by atoms with Gasteiger partial charge in [-0.25, -0.2) is 4.98 Å². The standard InChI is InChI=1S/C12H23N3/c1-3-7-14(8-4-2)9-5-10-15-11-6-13-12-15/h6,11-12H,3-5,7-10H2,1-2H3. The lowest BCUT2D eigenvalue weighted by atomic mass is 10.3. The molecule has 0 bridgehead atoms. The molecule has 0 aromatic carbocycles. The van der Waals surface area contributed by atoms with Crippen molar-refractivity contribution in [3.63, 3.8) is 0 Å². The zero-order valence-corrected chi connectivity index (χ0v) is 10.0. The molecule has 0 saturated carbocycles. The second kappa shape index (κ2) is 7.46. The summed E-state index contributed by atoms with van der Waals surface area (Å²) < 4.78 is 2.15. The highest BCUT2D eigenvalue weighted by Gasteiger charge is 2.01. The normalized spacial score (nSPS) is 11.1. The summed E-state index contributed by atoms with van der Waals surface area (Å²) in [4.78, 5) is 6.59. The largest absolute Gasteiger partial charge is 0.337 e. The van der Waals surface area contributed by atoms with Gasteiger partial charge in [0, 0.05) is 18.9 Å². The maximum Gasteiger partial charge on any atom is 0.0945 e. The smallest absolute Gasteiger partial charge is 0.0945 e. The number of imidazole rings is 1. The number of nitrogens with zero attached hydrogens (tertiary/aromatic N) is 3. The summed E-state index contributed by atoms with van der Waals surface area (Å²) in [6, 6.07) is 0. The van der Waals surface area contributed by atoms with Gasteiger partial charge in [-0.1, -0.05) is 13.8 Å². The summed E-state index contributed by atoms with van der Waals surface area (Å²) in [6.45, 7) is 9.26. The van der Waals surface area contributed by atoms with Gasteiger partial charge in [0.1, 0.15) is 0 Å². The van der Waals surface area contributed by atoms with Gasteiger partial charge in [-0.05, 0) is 38.9 Å². The zero-order valence-electron chi connectivity index (χ0n) is 10.0. The van der Waals surface area contributed by atoms with E-state index in [1.807, 2.05) is 18.7 Å². The van der Waals surface area contributed by atoms with Crippen LogP contribution in [0.3, 0.4) is 0 Å². The highest BCUT2D eigenvalue weighted by molar-refractivity contribution is 4.74. The average Bonchev–Trinajstić information content (AvgIpc) is 2.71. The van der Waals surface area contributed by atoms with Gasteiger partial charge in [-0.2, -0.15) is 0 Å². The molecule has 15 heavy (non-hydrogen) atoms. The molecule has 0 aliphatic carbocycles. The fourth-order valence-corrected chi connectivity index (χ4v) is 1.86. The van der Waals surface area contributed by atoms with E-state index in [2.05, 4.69) is 28.3 Å². The number of rotatable bonds is 8. The van der Waals surface area contributed by atoms with Crippen molar-refractivity contribution in [1.29, 1.82) is 0 Å². The Morgan fingerprint density at radius 2 is 1.87 bits per heavy atom. The van der Waals surface area contributed by atoms with Gasteiger partial charge in [0.2, 0.25) is 0 Å². The van der Waals surface area contributed by atoms with Crippen LogP contribution >= 0.6 is 0 Å². The minimum absolute atomic E-state index is 1.09. The maximum absolute atomic E-state index is 4.04. The third-order valence-electron chi connectivity index (χ3n) is 2.53. The third kappa shape index (κ3) is 4.98. The minimum Gasteiger partial charge on any atom is -0.337 e. The van der Waals surface area contributed by atoms with Crippen molar-refractivity contribution >= 4 is 0 Å². The fourth-order valence-electron chi connectivity index (χ4n) is 1.86. The lowest BCUT2D eigenvalue weighted by molar-refractivity contribution is 0.266. The molecule has 3 nitrogen and oxygen atoms in total. The van der Waals surface area contributed by atoms with Crippen LogP contribution in [0.2, 0.25) is 0 Å². The van der Waals surface area contributed by atoms with Crippen molar-refractivity contribution < 1.29 is 0 Å². The van der Waals surface area contributed by atoms with Crippen LogP contribution in [0, 0.1) is 0 Å². The molecule has 0 saturated heterocycles. The van der Waals surface area contributed by atoms with Crippen LogP contribution in [0.25, 0.3) is 0 Å². The molecule has 0 amide bonds. The molecule has 1 aromatic rings. The van der Waals surface area contributed by atoms with Crippen LogP contribution in [0.15, 0.2) is 18.7 Å². The number of aromatic nitrogens is 2.